The Labute approximate surface area is 186 Å². The van der Waals surface area contributed by atoms with Crippen molar-refractivity contribution in [3.8, 4) is 0 Å². The molecule has 4 aromatic rings. The highest BCUT2D eigenvalue weighted by Crippen LogP contribution is 2.38. The summed E-state index contributed by atoms with van der Waals surface area (Å²) in [5, 5.41) is 2.40. The quantitative estimate of drug-likeness (QED) is 0.499. The number of fused-ring (bicyclic) bond motifs is 2. The molecule has 6 heteroatoms. The number of nitrogens with zero attached hydrogens (tertiary/aromatic N) is 2. The molecule has 1 amide bonds. The Balaban J connectivity index is 1.49. The highest BCUT2D eigenvalue weighted by Gasteiger charge is 2.30. The van der Waals surface area contributed by atoms with Gasteiger partial charge >= 0.3 is 0 Å². The molecule has 0 aliphatic carbocycles. The number of ether oxygens (including phenoxy) is 1. The highest BCUT2D eigenvalue weighted by molar-refractivity contribution is 7.21. The fourth-order valence-electron chi connectivity index (χ4n) is 4.96. The fourth-order valence-corrected chi connectivity index (χ4v) is 6.07. The molecule has 3 heterocycles. The highest BCUT2D eigenvalue weighted by atomic mass is 32.1. The molecule has 1 saturated heterocycles. The lowest BCUT2D eigenvalue weighted by molar-refractivity contribution is -0.0322. The van der Waals surface area contributed by atoms with Crippen LogP contribution in [0.25, 0.3) is 21.0 Å². The number of para-hydroxylation sites is 1. The number of carbonyl (C=O) groups is 1. The molecule has 1 atom stereocenters. The van der Waals surface area contributed by atoms with Crippen molar-refractivity contribution in [2.75, 3.05) is 19.7 Å². The van der Waals surface area contributed by atoms with Gasteiger partial charge in [0.05, 0.1) is 17.6 Å². The standard InChI is InChI=1S/C25H27N3O2S/c1-3-19-18(16-8-4-6-10-20(16)27(19)2)14-28-12-13-30-21(15-28)23-17-9-5-7-11-22(17)31-24(23)25(26)29/h4-11,21H,3,12-15H2,1-2H3,(H2,26,29)/t21-/m0/s1. The Kier molecular flexibility index (Phi) is 5.30. The lowest BCUT2D eigenvalue weighted by Gasteiger charge is -2.33. The summed E-state index contributed by atoms with van der Waals surface area (Å²) in [5.41, 5.74) is 10.7. The molecule has 5 rings (SSSR count). The lowest BCUT2D eigenvalue weighted by atomic mass is 10.0. The maximum atomic E-state index is 12.2. The molecule has 31 heavy (non-hydrogen) atoms. The molecule has 0 bridgehead atoms. The third kappa shape index (κ3) is 3.45. The Morgan fingerprint density at radius 3 is 2.68 bits per heavy atom. The second-order valence-corrected chi connectivity index (χ2v) is 9.21. The van der Waals surface area contributed by atoms with Crippen molar-refractivity contribution in [3.63, 3.8) is 0 Å². The predicted molar refractivity (Wildman–Crippen MR) is 127 cm³/mol. The number of thiophene rings is 1. The van der Waals surface area contributed by atoms with Crippen molar-refractivity contribution in [1.82, 2.24) is 9.47 Å². The van der Waals surface area contributed by atoms with Gasteiger partial charge in [0.1, 0.15) is 0 Å². The van der Waals surface area contributed by atoms with Crippen LogP contribution in [-0.2, 0) is 24.8 Å². The van der Waals surface area contributed by atoms with Gasteiger partial charge in [0, 0.05) is 53.5 Å². The monoisotopic (exact) mass is 433 g/mol. The number of carbonyl (C=O) groups excluding carboxylic acids is 1. The maximum absolute atomic E-state index is 12.2. The van der Waals surface area contributed by atoms with Crippen LogP contribution in [0.4, 0.5) is 0 Å². The first-order valence-electron chi connectivity index (χ1n) is 10.8. The molecule has 2 aromatic heterocycles. The van der Waals surface area contributed by atoms with Gasteiger partial charge in [-0.2, -0.15) is 0 Å². The average molecular weight is 434 g/mol. The summed E-state index contributed by atoms with van der Waals surface area (Å²) in [6, 6.07) is 16.7. The molecule has 1 aliphatic rings. The topological polar surface area (TPSA) is 60.5 Å². The molecular formula is C25H27N3O2S. The number of morpholine rings is 1. The van der Waals surface area contributed by atoms with Gasteiger partial charge < -0.3 is 15.0 Å². The zero-order chi connectivity index (χ0) is 21.5. The van der Waals surface area contributed by atoms with E-state index in [9.17, 15) is 4.79 Å². The van der Waals surface area contributed by atoms with E-state index in [-0.39, 0.29) is 12.0 Å². The van der Waals surface area contributed by atoms with Crippen molar-refractivity contribution in [3.05, 3.63) is 70.2 Å². The van der Waals surface area contributed by atoms with Gasteiger partial charge in [-0.05, 0) is 29.5 Å². The Morgan fingerprint density at radius 1 is 1.16 bits per heavy atom. The fraction of sp³-hybridized carbons (Fsp3) is 0.320. The van der Waals surface area contributed by atoms with Crippen LogP contribution in [0.3, 0.4) is 0 Å². The van der Waals surface area contributed by atoms with Gasteiger partial charge in [-0.25, -0.2) is 0 Å². The number of hydrogen-bond acceptors (Lipinski definition) is 4. The second-order valence-electron chi connectivity index (χ2n) is 8.15. The molecule has 0 unspecified atom stereocenters. The Morgan fingerprint density at radius 2 is 1.90 bits per heavy atom. The van der Waals surface area contributed by atoms with Crippen LogP contribution in [0.1, 0.15) is 39.5 Å². The van der Waals surface area contributed by atoms with Crippen molar-refractivity contribution in [2.45, 2.75) is 26.0 Å². The van der Waals surface area contributed by atoms with Crippen molar-refractivity contribution in [1.29, 1.82) is 0 Å². The molecule has 160 valence electrons. The third-order valence-electron chi connectivity index (χ3n) is 6.39. The van der Waals surface area contributed by atoms with Gasteiger partial charge in [-0.1, -0.05) is 43.3 Å². The summed E-state index contributed by atoms with van der Waals surface area (Å²) in [6.07, 6.45) is 0.836. The molecule has 0 radical (unpaired) electrons. The van der Waals surface area contributed by atoms with Crippen LogP contribution in [0, 0.1) is 0 Å². The van der Waals surface area contributed by atoms with E-state index in [1.807, 2.05) is 18.2 Å². The van der Waals surface area contributed by atoms with Crippen molar-refractivity contribution < 1.29 is 9.53 Å². The number of rotatable bonds is 5. The molecule has 0 spiro atoms. The molecule has 2 N–H and O–H groups in total. The van der Waals surface area contributed by atoms with Gasteiger partial charge in [-0.3, -0.25) is 9.69 Å². The Hall–Kier alpha value is -2.67. The zero-order valence-corrected chi connectivity index (χ0v) is 18.7. The minimum Gasteiger partial charge on any atom is -0.371 e. The van der Waals surface area contributed by atoms with Crippen LogP contribution in [0.2, 0.25) is 0 Å². The summed E-state index contributed by atoms with van der Waals surface area (Å²) in [7, 11) is 2.16. The minimum atomic E-state index is -0.376. The van der Waals surface area contributed by atoms with Crippen LogP contribution in [-0.4, -0.2) is 35.1 Å². The predicted octanol–water partition coefficient (Wildman–Crippen LogP) is 4.63. The van der Waals surface area contributed by atoms with E-state index in [2.05, 4.69) is 53.8 Å². The summed E-state index contributed by atoms with van der Waals surface area (Å²) >= 11 is 1.47. The molecule has 2 aromatic carbocycles. The average Bonchev–Trinajstić information content (AvgIpc) is 3.30. The number of nitrogens with two attached hydrogens (primary N) is 1. The van der Waals surface area contributed by atoms with Gasteiger partial charge in [-0.15, -0.1) is 11.3 Å². The van der Waals surface area contributed by atoms with E-state index < -0.39 is 0 Å². The number of primary amides is 1. The van der Waals surface area contributed by atoms with Gasteiger partial charge in [0.15, 0.2) is 0 Å². The first kappa shape index (κ1) is 20.2. The van der Waals surface area contributed by atoms with Crippen molar-refractivity contribution >= 4 is 38.2 Å². The summed E-state index contributed by atoms with van der Waals surface area (Å²) < 4.78 is 9.59. The smallest absolute Gasteiger partial charge is 0.259 e. The molecule has 5 nitrogen and oxygen atoms in total. The second kappa shape index (κ2) is 8.11. The minimum absolute atomic E-state index is 0.160. The van der Waals surface area contributed by atoms with E-state index >= 15 is 0 Å². The molecule has 1 fully saturated rings. The van der Waals surface area contributed by atoms with Crippen LogP contribution in [0.15, 0.2) is 48.5 Å². The third-order valence-corrected chi connectivity index (χ3v) is 7.59. The molecule has 0 saturated carbocycles. The molecule has 1 aliphatic heterocycles. The number of amides is 1. The Bertz CT molecular complexity index is 1270. The first-order chi connectivity index (χ1) is 15.1. The number of aryl methyl sites for hydroxylation is 1. The van der Waals surface area contributed by atoms with E-state index in [1.54, 1.807) is 0 Å². The largest absolute Gasteiger partial charge is 0.371 e. The number of aromatic nitrogens is 1. The SMILES string of the molecule is CCc1c(CN2CCO[C@H](c3c(C(N)=O)sc4ccccc34)C2)c2ccccc2n1C. The van der Waals surface area contributed by atoms with Crippen molar-refractivity contribution in [2.24, 2.45) is 12.8 Å². The molecular weight excluding hydrogens is 406 g/mol. The normalized spacial score (nSPS) is 17.5. The van der Waals surface area contributed by atoms with E-state index in [0.29, 0.717) is 11.5 Å². The number of hydrogen-bond donors (Lipinski definition) is 1. The zero-order valence-electron chi connectivity index (χ0n) is 17.9. The van der Waals surface area contributed by atoms with Crippen LogP contribution < -0.4 is 5.73 Å². The van der Waals surface area contributed by atoms with E-state index in [1.165, 1.54) is 33.5 Å². The first-order valence-corrected chi connectivity index (χ1v) is 11.6. The van der Waals surface area contributed by atoms with Gasteiger partial charge in [0.25, 0.3) is 5.91 Å². The summed E-state index contributed by atoms with van der Waals surface area (Å²) in [4.78, 5) is 15.3. The maximum Gasteiger partial charge on any atom is 0.259 e. The number of benzene rings is 2. The van der Waals surface area contributed by atoms with Crippen LogP contribution >= 0.6 is 11.3 Å². The van der Waals surface area contributed by atoms with E-state index in [4.69, 9.17) is 10.5 Å². The summed E-state index contributed by atoms with van der Waals surface area (Å²) in [6.45, 7) is 5.35. The summed E-state index contributed by atoms with van der Waals surface area (Å²) in [5.74, 6) is -0.376. The van der Waals surface area contributed by atoms with Crippen LogP contribution in [0.5, 0.6) is 0 Å². The van der Waals surface area contributed by atoms with E-state index in [0.717, 1.165) is 41.7 Å². The van der Waals surface area contributed by atoms with Gasteiger partial charge in [0.2, 0.25) is 0 Å². The lowest BCUT2D eigenvalue weighted by Crippen LogP contribution is -2.38.